The molecule has 5 rings (SSSR count). The van der Waals surface area contributed by atoms with Gasteiger partial charge in [-0.1, -0.05) is 92.2 Å². The predicted molar refractivity (Wildman–Crippen MR) is 144 cm³/mol. The maximum Gasteiger partial charge on any atom is 0.295 e. The number of benzene rings is 3. The lowest BCUT2D eigenvalue weighted by atomic mass is 9.98. The van der Waals surface area contributed by atoms with Gasteiger partial charge in [-0.3, -0.25) is 14.3 Å². The van der Waals surface area contributed by atoms with Gasteiger partial charge in [0.15, 0.2) is 5.69 Å². The van der Waals surface area contributed by atoms with Gasteiger partial charge in [0.2, 0.25) is 5.82 Å². The van der Waals surface area contributed by atoms with E-state index in [0.29, 0.717) is 18.1 Å². The second-order valence-corrected chi connectivity index (χ2v) is 8.97. The van der Waals surface area contributed by atoms with Crippen molar-refractivity contribution in [3.63, 3.8) is 0 Å². The van der Waals surface area contributed by atoms with Crippen molar-refractivity contribution in [2.24, 2.45) is 0 Å². The number of tetrazole rings is 1. The van der Waals surface area contributed by atoms with Crippen LogP contribution >= 0.6 is 0 Å². The van der Waals surface area contributed by atoms with Gasteiger partial charge in [-0.15, -0.1) is 10.2 Å². The molecule has 0 unspecified atom stereocenters. The fourth-order valence-electron chi connectivity index (χ4n) is 4.24. The number of nitrogens with one attached hydrogen (secondary N) is 2. The summed E-state index contributed by atoms with van der Waals surface area (Å²) >= 11 is 0. The van der Waals surface area contributed by atoms with Crippen LogP contribution in [0.4, 0.5) is 0 Å². The molecule has 0 aliphatic rings. The van der Waals surface area contributed by atoms with E-state index in [4.69, 9.17) is 4.84 Å². The van der Waals surface area contributed by atoms with Crippen LogP contribution < -0.4 is 5.48 Å². The van der Waals surface area contributed by atoms with Gasteiger partial charge in [0, 0.05) is 11.3 Å². The van der Waals surface area contributed by atoms with Crippen LogP contribution in [0, 0.1) is 0 Å². The monoisotopic (exact) mass is 507 g/mol. The molecule has 0 saturated heterocycles. The smallest absolute Gasteiger partial charge is 0.269 e. The summed E-state index contributed by atoms with van der Waals surface area (Å²) in [7, 11) is 0. The Balaban J connectivity index is 1.30. The van der Waals surface area contributed by atoms with Gasteiger partial charge in [-0.25, -0.2) is 5.48 Å². The topological polar surface area (TPSA) is 111 Å². The standard InChI is InChI=1S/C29H29N7O2/c1-2-3-11-24-18-27(29(37)33-38-20-22-9-5-4-6-10-22)32-36(24)19-21-14-16-23(17-15-21)25-12-7-8-13-26(25)28-30-34-35-31-28/h4-10,12-18H,2-3,11,19-20H2,1H3,(H,33,37)(H,30,31,34,35). The Labute approximate surface area is 220 Å². The second-order valence-electron chi connectivity index (χ2n) is 8.97. The first-order chi connectivity index (χ1) is 18.7. The van der Waals surface area contributed by atoms with Crippen molar-refractivity contribution in [3.8, 4) is 22.5 Å². The zero-order chi connectivity index (χ0) is 26.2. The van der Waals surface area contributed by atoms with E-state index >= 15 is 0 Å². The van der Waals surface area contributed by atoms with Crippen LogP contribution in [0.15, 0.2) is 84.9 Å². The fraction of sp³-hybridized carbons (Fsp3) is 0.207. The lowest BCUT2D eigenvalue weighted by Crippen LogP contribution is -2.24. The zero-order valence-electron chi connectivity index (χ0n) is 21.2. The minimum absolute atomic E-state index is 0.290. The number of hydrogen-bond donors (Lipinski definition) is 2. The number of amides is 1. The van der Waals surface area contributed by atoms with E-state index in [-0.39, 0.29) is 12.5 Å². The molecular formula is C29H29N7O2. The van der Waals surface area contributed by atoms with Crippen LogP contribution in [0.5, 0.6) is 0 Å². The normalized spacial score (nSPS) is 11.0. The zero-order valence-corrected chi connectivity index (χ0v) is 21.2. The van der Waals surface area contributed by atoms with E-state index in [9.17, 15) is 4.79 Å². The van der Waals surface area contributed by atoms with Gasteiger partial charge in [0.1, 0.15) is 0 Å². The lowest BCUT2D eigenvalue weighted by Gasteiger charge is -2.10. The Morgan fingerprint density at radius 3 is 2.45 bits per heavy atom. The molecule has 0 aliphatic heterocycles. The van der Waals surface area contributed by atoms with Crippen LogP contribution in [0.2, 0.25) is 0 Å². The van der Waals surface area contributed by atoms with E-state index < -0.39 is 0 Å². The highest BCUT2D eigenvalue weighted by Crippen LogP contribution is 2.29. The Morgan fingerprint density at radius 1 is 0.947 bits per heavy atom. The fourth-order valence-corrected chi connectivity index (χ4v) is 4.24. The minimum Gasteiger partial charge on any atom is -0.269 e. The summed E-state index contributed by atoms with van der Waals surface area (Å²) in [5.74, 6) is 0.200. The number of aromatic amines is 1. The number of carbonyl (C=O) groups is 1. The van der Waals surface area contributed by atoms with Gasteiger partial charge < -0.3 is 0 Å². The largest absolute Gasteiger partial charge is 0.295 e. The molecule has 0 fully saturated rings. The van der Waals surface area contributed by atoms with Crippen LogP contribution in [0.3, 0.4) is 0 Å². The number of aromatic nitrogens is 6. The molecule has 2 heterocycles. The average Bonchev–Trinajstić information content (AvgIpc) is 3.64. The minimum atomic E-state index is -0.356. The number of carbonyl (C=O) groups excluding carboxylic acids is 1. The van der Waals surface area contributed by atoms with Crippen molar-refractivity contribution < 1.29 is 9.63 Å². The SMILES string of the molecule is CCCCc1cc(C(=O)NOCc2ccccc2)nn1Cc1ccc(-c2ccccc2-c2nn[nH]n2)cc1. The predicted octanol–water partition coefficient (Wildman–Crippen LogP) is 4.98. The first kappa shape index (κ1) is 25.0. The molecule has 0 atom stereocenters. The van der Waals surface area contributed by atoms with E-state index in [1.54, 1.807) is 0 Å². The Bertz CT molecular complexity index is 1460. The maximum atomic E-state index is 12.7. The van der Waals surface area contributed by atoms with Gasteiger partial charge in [0.05, 0.1) is 13.2 Å². The molecule has 192 valence electrons. The number of hydrogen-bond acceptors (Lipinski definition) is 6. The van der Waals surface area contributed by atoms with Crippen LogP contribution in [0.1, 0.15) is 47.1 Å². The van der Waals surface area contributed by atoms with Crippen molar-refractivity contribution in [2.45, 2.75) is 39.3 Å². The number of aryl methyl sites for hydroxylation is 1. The lowest BCUT2D eigenvalue weighted by molar-refractivity contribution is 0.0229. The number of H-pyrrole nitrogens is 1. The van der Waals surface area contributed by atoms with Crippen molar-refractivity contribution in [1.82, 2.24) is 35.9 Å². The molecule has 0 bridgehead atoms. The third kappa shape index (κ3) is 6.01. The van der Waals surface area contributed by atoms with Gasteiger partial charge in [-0.2, -0.15) is 10.3 Å². The van der Waals surface area contributed by atoms with E-state index in [2.05, 4.69) is 62.4 Å². The molecule has 38 heavy (non-hydrogen) atoms. The molecule has 2 aromatic heterocycles. The number of rotatable bonds is 11. The summed E-state index contributed by atoms with van der Waals surface area (Å²) in [6.45, 7) is 3.00. The summed E-state index contributed by atoms with van der Waals surface area (Å²) in [6.07, 6.45) is 2.92. The molecule has 5 aromatic rings. The van der Waals surface area contributed by atoms with Gasteiger partial charge >= 0.3 is 0 Å². The van der Waals surface area contributed by atoms with Crippen molar-refractivity contribution in [1.29, 1.82) is 0 Å². The number of hydroxylamine groups is 1. The summed E-state index contributed by atoms with van der Waals surface area (Å²) in [4.78, 5) is 18.1. The van der Waals surface area contributed by atoms with Crippen LogP contribution in [0.25, 0.3) is 22.5 Å². The first-order valence-corrected chi connectivity index (χ1v) is 12.7. The average molecular weight is 508 g/mol. The summed E-state index contributed by atoms with van der Waals surface area (Å²) < 4.78 is 1.91. The molecule has 0 radical (unpaired) electrons. The Hall–Kier alpha value is -4.63. The van der Waals surface area contributed by atoms with Gasteiger partial charge in [0.25, 0.3) is 5.91 Å². The molecule has 9 nitrogen and oxygen atoms in total. The third-order valence-electron chi connectivity index (χ3n) is 6.24. The summed E-state index contributed by atoms with van der Waals surface area (Å²) in [6, 6.07) is 27.8. The highest BCUT2D eigenvalue weighted by atomic mass is 16.6. The van der Waals surface area contributed by atoms with Crippen molar-refractivity contribution in [2.75, 3.05) is 0 Å². The van der Waals surface area contributed by atoms with E-state index in [1.807, 2.05) is 65.3 Å². The second kappa shape index (κ2) is 12.1. The number of unbranched alkanes of at least 4 members (excludes halogenated alkanes) is 1. The molecule has 9 heteroatoms. The van der Waals surface area contributed by atoms with Gasteiger partial charge in [-0.05, 0) is 46.4 Å². The molecule has 0 saturated carbocycles. The third-order valence-corrected chi connectivity index (χ3v) is 6.24. The highest BCUT2D eigenvalue weighted by molar-refractivity contribution is 5.91. The van der Waals surface area contributed by atoms with Crippen molar-refractivity contribution >= 4 is 5.91 Å². The Morgan fingerprint density at radius 2 is 1.71 bits per heavy atom. The van der Waals surface area contributed by atoms with Crippen LogP contribution in [-0.4, -0.2) is 36.3 Å². The molecule has 0 spiro atoms. The van der Waals surface area contributed by atoms with Crippen LogP contribution in [-0.2, 0) is 24.4 Å². The quantitative estimate of drug-likeness (QED) is 0.244. The summed E-state index contributed by atoms with van der Waals surface area (Å²) in [5, 5.41) is 19.1. The number of nitrogens with zero attached hydrogens (tertiary/aromatic N) is 5. The molecule has 3 aromatic carbocycles. The molecular weight excluding hydrogens is 478 g/mol. The Kier molecular flexibility index (Phi) is 7.95. The molecule has 0 aliphatic carbocycles. The first-order valence-electron chi connectivity index (χ1n) is 12.7. The van der Waals surface area contributed by atoms with E-state index in [0.717, 1.165) is 52.8 Å². The maximum absolute atomic E-state index is 12.7. The summed E-state index contributed by atoms with van der Waals surface area (Å²) in [5.41, 5.74) is 8.93. The molecule has 2 N–H and O–H groups in total. The molecule has 1 amide bonds. The van der Waals surface area contributed by atoms with Crippen molar-refractivity contribution in [3.05, 3.63) is 107 Å². The highest BCUT2D eigenvalue weighted by Gasteiger charge is 2.16. The van der Waals surface area contributed by atoms with E-state index in [1.165, 1.54) is 0 Å².